The van der Waals surface area contributed by atoms with Crippen LogP contribution < -0.4 is 0 Å². The second-order valence-electron chi connectivity index (χ2n) is 5.35. The summed E-state index contributed by atoms with van der Waals surface area (Å²) in [6.45, 7) is 1.96. The fourth-order valence-corrected chi connectivity index (χ4v) is 5.36. The van der Waals surface area contributed by atoms with Gasteiger partial charge in [0.15, 0.2) is 9.84 Å². The number of hydrogen-bond acceptors (Lipinski definition) is 2. The maximum absolute atomic E-state index is 13.3. The highest BCUT2D eigenvalue weighted by molar-refractivity contribution is 9.09. The van der Waals surface area contributed by atoms with Crippen molar-refractivity contribution >= 4 is 25.8 Å². The predicted octanol–water partition coefficient (Wildman–Crippen LogP) is 3.12. The maximum atomic E-state index is 13.3. The first kappa shape index (κ1) is 15.0. The smallest absolute Gasteiger partial charge is 0.150 e. The van der Waals surface area contributed by atoms with Gasteiger partial charge >= 0.3 is 0 Å². The Kier molecular flexibility index (Phi) is 4.66. The fraction of sp³-hybridized carbons (Fsp3) is 0.571. The summed E-state index contributed by atoms with van der Waals surface area (Å²) in [5, 5.41) is 0.753. The molecule has 0 bridgehead atoms. The summed E-state index contributed by atoms with van der Waals surface area (Å²) >= 11 is 3.48. The molecule has 19 heavy (non-hydrogen) atoms. The van der Waals surface area contributed by atoms with Crippen LogP contribution in [0.3, 0.4) is 0 Å². The standard InChI is InChI=1S/C14H18BrFO2S/c1-10-2-3-14(16)7-12(10)6-13(8-15)11-4-5-19(17,18)9-11/h2-3,7,11,13H,4-6,8-9H2,1H3. The first-order valence-corrected chi connectivity index (χ1v) is 9.37. The topological polar surface area (TPSA) is 34.1 Å². The van der Waals surface area contributed by atoms with Crippen molar-refractivity contribution in [2.75, 3.05) is 16.8 Å². The average molecular weight is 349 g/mol. The van der Waals surface area contributed by atoms with Crippen molar-refractivity contribution in [3.63, 3.8) is 0 Å². The number of benzene rings is 1. The minimum Gasteiger partial charge on any atom is -0.229 e. The monoisotopic (exact) mass is 348 g/mol. The van der Waals surface area contributed by atoms with Crippen molar-refractivity contribution in [3.8, 4) is 0 Å². The summed E-state index contributed by atoms with van der Waals surface area (Å²) in [5.41, 5.74) is 2.04. The minimum absolute atomic E-state index is 0.187. The van der Waals surface area contributed by atoms with Crippen LogP contribution in [0, 0.1) is 24.6 Å². The summed E-state index contributed by atoms with van der Waals surface area (Å²) in [6, 6.07) is 4.80. The van der Waals surface area contributed by atoms with Crippen molar-refractivity contribution in [2.45, 2.75) is 19.8 Å². The summed E-state index contributed by atoms with van der Waals surface area (Å²) in [7, 11) is -2.86. The van der Waals surface area contributed by atoms with E-state index in [0.717, 1.165) is 29.3 Å². The normalized spacial score (nSPS) is 23.4. The minimum atomic E-state index is -2.86. The molecule has 1 saturated heterocycles. The average Bonchev–Trinajstić information content (AvgIpc) is 2.70. The zero-order valence-corrected chi connectivity index (χ0v) is 13.3. The second kappa shape index (κ2) is 5.92. The van der Waals surface area contributed by atoms with E-state index in [1.165, 1.54) is 6.07 Å². The molecule has 0 amide bonds. The fourth-order valence-electron chi connectivity index (χ4n) is 2.69. The van der Waals surface area contributed by atoms with E-state index in [1.54, 1.807) is 12.1 Å². The van der Waals surface area contributed by atoms with Crippen LogP contribution in [0.4, 0.5) is 4.39 Å². The third-order valence-electron chi connectivity index (χ3n) is 3.93. The number of hydrogen-bond donors (Lipinski definition) is 0. The maximum Gasteiger partial charge on any atom is 0.150 e. The first-order valence-electron chi connectivity index (χ1n) is 6.42. The van der Waals surface area contributed by atoms with Crippen molar-refractivity contribution in [2.24, 2.45) is 11.8 Å². The zero-order chi connectivity index (χ0) is 14.0. The van der Waals surface area contributed by atoms with Gasteiger partial charge in [0.25, 0.3) is 0 Å². The Bertz CT molecular complexity index is 557. The highest BCUT2D eigenvalue weighted by Crippen LogP contribution is 2.30. The molecule has 0 aromatic heterocycles. The van der Waals surface area contributed by atoms with Crippen molar-refractivity contribution in [1.29, 1.82) is 0 Å². The highest BCUT2D eigenvalue weighted by Gasteiger charge is 2.33. The Morgan fingerprint density at radius 1 is 1.47 bits per heavy atom. The molecule has 2 rings (SSSR count). The van der Waals surface area contributed by atoms with Crippen molar-refractivity contribution < 1.29 is 12.8 Å². The summed E-state index contributed by atoms with van der Waals surface area (Å²) in [4.78, 5) is 0. The van der Waals surface area contributed by atoms with Crippen molar-refractivity contribution in [1.82, 2.24) is 0 Å². The zero-order valence-electron chi connectivity index (χ0n) is 10.9. The van der Waals surface area contributed by atoms with Gasteiger partial charge in [0.1, 0.15) is 5.82 Å². The molecule has 0 aliphatic carbocycles. The van der Waals surface area contributed by atoms with E-state index in [-0.39, 0.29) is 23.4 Å². The molecule has 0 spiro atoms. The lowest BCUT2D eigenvalue weighted by atomic mass is 9.87. The van der Waals surface area contributed by atoms with Crippen molar-refractivity contribution in [3.05, 3.63) is 35.1 Å². The van der Waals surface area contributed by atoms with Gasteiger partial charge in [-0.25, -0.2) is 12.8 Å². The van der Waals surface area contributed by atoms with Gasteiger partial charge in [0, 0.05) is 5.33 Å². The molecule has 1 aliphatic rings. The lowest BCUT2D eigenvalue weighted by Gasteiger charge is -2.21. The molecule has 2 nitrogen and oxygen atoms in total. The van der Waals surface area contributed by atoms with E-state index < -0.39 is 9.84 Å². The van der Waals surface area contributed by atoms with Crippen LogP contribution in [-0.4, -0.2) is 25.3 Å². The van der Waals surface area contributed by atoms with Gasteiger partial charge in [0.05, 0.1) is 11.5 Å². The van der Waals surface area contributed by atoms with E-state index >= 15 is 0 Å². The van der Waals surface area contributed by atoms with E-state index in [1.807, 2.05) is 6.92 Å². The Labute approximate surface area is 122 Å². The van der Waals surface area contributed by atoms with E-state index in [9.17, 15) is 12.8 Å². The molecule has 106 valence electrons. The van der Waals surface area contributed by atoms with Crippen LogP contribution in [0.5, 0.6) is 0 Å². The van der Waals surface area contributed by atoms with Gasteiger partial charge in [-0.05, 0) is 54.9 Å². The lowest BCUT2D eigenvalue weighted by Crippen LogP contribution is -2.20. The number of rotatable bonds is 4. The van der Waals surface area contributed by atoms with E-state index in [2.05, 4.69) is 15.9 Å². The molecule has 1 fully saturated rings. The van der Waals surface area contributed by atoms with Crippen LogP contribution >= 0.6 is 15.9 Å². The molecule has 0 radical (unpaired) electrons. The van der Waals surface area contributed by atoms with Crippen LogP contribution in [0.15, 0.2) is 18.2 Å². The Morgan fingerprint density at radius 3 is 2.79 bits per heavy atom. The molecule has 1 aromatic carbocycles. The summed E-state index contributed by atoms with van der Waals surface area (Å²) < 4.78 is 36.4. The van der Waals surface area contributed by atoms with Crippen LogP contribution in [0.2, 0.25) is 0 Å². The summed E-state index contributed by atoms with van der Waals surface area (Å²) in [5.74, 6) is 0.777. The van der Waals surface area contributed by atoms with Gasteiger partial charge in [-0.15, -0.1) is 0 Å². The van der Waals surface area contributed by atoms with Gasteiger partial charge in [-0.3, -0.25) is 0 Å². The molecular formula is C14H18BrFO2S. The molecule has 2 atom stereocenters. The Morgan fingerprint density at radius 2 is 2.21 bits per heavy atom. The van der Waals surface area contributed by atoms with Gasteiger partial charge in [-0.1, -0.05) is 22.0 Å². The molecule has 0 saturated carbocycles. The quantitative estimate of drug-likeness (QED) is 0.783. The van der Waals surface area contributed by atoms with Gasteiger partial charge in [-0.2, -0.15) is 0 Å². The highest BCUT2D eigenvalue weighted by atomic mass is 79.9. The largest absolute Gasteiger partial charge is 0.229 e. The van der Waals surface area contributed by atoms with Gasteiger partial charge in [0.2, 0.25) is 0 Å². The van der Waals surface area contributed by atoms with Gasteiger partial charge < -0.3 is 0 Å². The Hall–Kier alpha value is -0.420. The number of sulfone groups is 1. The number of halogens is 2. The molecular weight excluding hydrogens is 331 g/mol. The van der Waals surface area contributed by atoms with E-state index in [4.69, 9.17) is 0 Å². The van der Waals surface area contributed by atoms with E-state index in [0.29, 0.717) is 5.75 Å². The number of alkyl halides is 1. The van der Waals surface area contributed by atoms with Crippen LogP contribution in [-0.2, 0) is 16.3 Å². The molecule has 0 N–H and O–H groups in total. The van der Waals surface area contributed by atoms with Crippen LogP contribution in [0.1, 0.15) is 17.5 Å². The third-order valence-corrected chi connectivity index (χ3v) is 6.55. The Balaban J connectivity index is 2.13. The molecule has 1 heterocycles. The SMILES string of the molecule is Cc1ccc(F)cc1CC(CBr)C1CCS(=O)(=O)C1. The predicted molar refractivity (Wildman–Crippen MR) is 78.9 cm³/mol. The molecule has 5 heteroatoms. The first-order chi connectivity index (χ1) is 8.91. The number of aryl methyl sites for hydroxylation is 1. The lowest BCUT2D eigenvalue weighted by molar-refractivity contribution is 0.401. The van der Waals surface area contributed by atoms with Crippen LogP contribution in [0.25, 0.3) is 0 Å². The molecule has 1 aromatic rings. The third kappa shape index (κ3) is 3.78. The second-order valence-corrected chi connectivity index (χ2v) is 8.23. The molecule has 2 unspecified atom stereocenters. The molecule has 1 aliphatic heterocycles. The summed E-state index contributed by atoms with van der Waals surface area (Å²) in [6.07, 6.45) is 1.46.